The van der Waals surface area contributed by atoms with E-state index >= 15 is 0 Å². The quantitative estimate of drug-likeness (QED) is 0.808. The molecule has 1 atom stereocenters. The van der Waals surface area contributed by atoms with Gasteiger partial charge in [0.25, 0.3) is 0 Å². The van der Waals surface area contributed by atoms with Crippen molar-refractivity contribution in [2.45, 2.75) is 32.7 Å². The Kier molecular flexibility index (Phi) is 4.42. The van der Waals surface area contributed by atoms with Crippen molar-refractivity contribution in [1.29, 1.82) is 0 Å². The van der Waals surface area contributed by atoms with Crippen LogP contribution in [-0.2, 0) is 13.0 Å². The predicted molar refractivity (Wildman–Crippen MR) is 75.8 cm³/mol. The lowest BCUT2D eigenvalue weighted by Gasteiger charge is -2.33. The number of aryl methyl sites for hydroxylation is 1. The van der Waals surface area contributed by atoms with Crippen LogP contribution in [0, 0.1) is 5.92 Å². The molecule has 1 aromatic heterocycles. The minimum Gasteiger partial charge on any atom is -0.342 e. The predicted octanol–water partition coefficient (Wildman–Crippen LogP) is 1.81. The summed E-state index contributed by atoms with van der Waals surface area (Å²) in [5, 5.41) is 0. The van der Waals surface area contributed by atoms with E-state index in [0.717, 1.165) is 44.2 Å². The van der Waals surface area contributed by atoms with Crippen LogP contribution in [0.25, 0.3) is 0 Å². The summed E-state index contributed by atoms with van der Waals surface area (Å²) in [5.41, 5.74) is 6.96. The number of hydrogen-bond donors (Lipinski definition) is 1. The first kappa shape index (κ1) is 13.1. The molecule has 0 saturated carbocycles. The smallest absolute Gasteiger partial charge is 0.206 e. The van der Waals surface area contributed by atoms with Gasteiger partial charge < -0.3 is 15.2 Å². The first-order chi connectivity index (χ1) is 8.78. The van der Waals surface area contributed by atoms with Crippen LogP contribution in [0.15, 0.2) is 18.9 Å². The Morgan fingerprint density at radius 2 is 2.44 bits per heavy atom. The lowest BCUT2D eigenvalue weighted by molar-refractivity contribution is 0.417. The molecule has 18 heavy (non-hydrogen) atoms. The van der Waals surface area contributed by atoms with Crippen LogP contribution in [-0.4, -0.2) is 29.2 Å². The fraction of sp³-hybridized carbons (Fsp3) is 0.643. The second-order valence-corrected chi connectivity index (χ2v) is 5.02. The van der Waals surface area contributed by atoms with Gasteiger partial charge in [0.15, 0.2) is 0 Å². The SMILES string of the molecule is C=CCn1cc(CC)nc1N1CCCC(CN)C1. The minimum absolute atomic E-state index is 0.609. The minimum atomic E-state index is 0.609. The summed E-state index contributed by atoms with van der Waals surface area (Å²) in [6, 6.07) is 0. The molecule has 0 aromatic carbocycles. The van der Waals surface area contributed by atoms with Crippen molar-refractivity contribution in [3.8, 4) is 0 Å². The Labute approximate surface area is 109 Å². The first-order valence-corrected chi connectivity index (χ1v) is 6.90. The lowest BCUT2D eigenvalue weighted by atomic mass is 9.99. The number of nitrogens with two attached hydrogens (primary N) is 1. The average Bonchev–Trinajstić information content (AvgIpc) is 2.82. The van der Waals surface area contributed by atoms with Gasteiger partial charge >= 0.3 is 0 Å². The number of anilines is 1. The van der Waals surface area contributed by atoms with Gasteiger partial charge in [0, 0.05) is 25.8 Å². The molecule has 100 valence electrons. The number of imidazole rings is 1. The van der Waals surface area contributed by atoms with E-state index < -0.39 is 0 Å². The van der Waals surface area contributed by atoms with Crippen molar-refractivity contribution in [3.05, 3.63) is 24.5 Å². The van der Waals surface area contributed by atoms with Gasteiger partial charge in [-0.1, -0.05) is 13.0 Å². The molecule has 2 heterocycles. The Bertz CT molecular complexity index is 396. The van der Waals surface area contributed by atoms with Crippen LogP contribution in [0.1, 0.15) is 25.5 Å². The van der Waals surface area contributed by atoms with Crippen LogP contribution in [0.3, 0.4) is 0 Å². The molecule has 1 fully saturated rings. The summed E-state index contributed by atoms with van der Waals surface area (Å²) < 4.78 is 2.20. The molecule has 2 rings (SSSR count). The fourth-order valence-corrected chi connectivity index (χ4v) is 2.59. The van der Waals surface area contributed by atoms with Crippen molar-refractivity contribution in [2.75, 3.05) is 24.5 Å². The van der Waals surface area contributed by atoms with E-state index in [1.165, 1.54) is 12.8 Å². The number of rotatable bonds is 5. The summed E-state index contributed by atoms with van der Waals surface area (Å²) in [5.74, 6) is 1.70. The van der Waals surface area contributed by atoms with Crippen molar-refractivity contribution < 1.29 is 0 Å². The van der Waals surface area contributed by atoms with E-state index in [1.807, 2.05) is 6.08 Å². The maximum atomic E-state index is 5.80. The molecule has 1 saturated heterocycles. The molecule has 4 heteroatoms. The highest BCUT2D eigenvalue weighted by Gasteiger charge is 2.22. The number of aromatic nitrogens is 2. The molecular formula is C14H24N4. The van der Waals surface area contributed by atoms with Crippen LogP contribution in [0.5, 0.6) is 0 Å². The van der Waals surface area contributed by atoms with Gasteiger partial charge in [0.1, 0.15) is 0 Å². The number of allylic oxidation sites excluding steroid dienone is 1. The molecule has 0 spiro atoms. The molecule has 4 nitrogen and oxygen atoms in total. The molecule has 0 bridgehead atoms. The Balaban J connectivity index is 2.19. The summed E-state index contributed by atoms with van der Waals surface area (Å²) >= 11 is 0. The third kappa shape index (κ3) is 2.75. The molecule has 1 aliphatic rings. The Morgan fingerprint density at radius 1 is 1.61 bits per heavy atom. The van der Waals surface area contributed by atoms with Gasteiger partial charge in [-0.05, 0) is 31.7 Å². The van der Waals surface area contributed by atoms with E-state index in [0.29, 0.717) is 5.92 Å². The average molecular weight is 248 g/mol. The van der Waals surface area contributed by atoms with Gasteiger partial charge in [-0.25, -0.2) is 4.98 Å². The van der Waals surface area contributed by atoms with Crippen molar-refractivity contribution >= 4 is 5.95 Å². The van der Waals surface area contributed by atoms with Crippen molar-refractivity contribution in [3.63, 3.8) is 0 Å². The zero-order chi connectivity index (χ0) is 13.0. The maximum absolute atomic E-state index is 5.80. The molecule has 1 aromatic rings. The summed E-state index contributed by atoms with van der Waals surface area (Å²) in [6.45, 7) is 9.69. The monoisotopic (exact) mass is 248 g/mol. The van der Waals surface area contributed by atoms with Gasteiger partial charge in [0.05, 0.1) is 5.69 Å². The van der Waals surface area contributed by atoms with Crippen LogP contribution < -0.4 is 10.6 Å². The van der Waals surface area contributed by atoms with E-state index in [2.05, 4.69) is 29.2 Å². The third-order valence-electron chi connectivity index (χ3n) is 3.63. The highest BCUT2D eigenvalue weighted by molar-refractivity contribution is 5.35. The molecule has 1 unspecified atom stereocenters. The summed E-state index contributed by atoms with van der Waals surface area (Å²) in [6.07, 6.45) is 7.50. The fourth-order valence-electron chi connectivity index (χ4n) is 2.59. The van der Waals surface area contributed by atoms with Crippen LogP contribution in [0.2, 0.25) is 0 Å². The standard InChI is InChI=1S/C14H24N4/c1-3-7-17-11-13(4-2)16-14(17)18-8-5-6-12(9-15)10-18/h3,11-12H,1,4-10,15H2,2H3. The van der Waals surface area contributed by atoms with Crippen molar-refractivity contribution in [1.82, 2.24) is 9.55 Å². The normalized spacial score (nSPS) is 20.1. The van der Waals surface area contributed by atoms with E-state index in [9.17, 15) is 0 Å². The first-order valence-electron chi connectivity index (χ1n) is 6.90. The zero-order valence-electron chi connectivity index (χ0n) is 11.3. The lowest BCUT2D eigenvalue weighted by Crippen LogP contribution is -2.39. The second kappa shape index (κ2) is 6.05. The number of nitrogens with zero attached hydrogens (tertiary/aromatic N) is 3. The molecule has 2 N–H and O–H groups in total. The number of hydrogen-bond acceptors (Lipinski definition) is 3. The molecule has 0 aliphatic carbocycles. The summed E-state index contributed by atoms with van der Waals surface area (Å²) in [7, 11) is 0. The summed E-state index contributed by atoms with van der Waals surface area (Å²) in [4.78, 5) is 7.12. The van der Waals surface area contributed by atoms with Gasteiger partial charge in [-0.3, -0.25) is 0 Å². The molecule has 0 radical (unpaired) electrons. The molecule has 0 amide bonds. The zero-order valence-corrected chi connectivity index (χ0v) is 11.3. The van der Waals surface area contributed by atoms with Crippen LogP contribution in [0.4, 0.5) is 5.95 Å². The molecular weight excluding hydrogens is 224 g/mol. The third-order valence-corrected chi connectivity index (χ3v) is 3.63. The topological polar surface area (TPSA) is 47.1 Å². The highest BCUT2D eigenvalue weighted by atomic mass is 15.3. The maximum Gasteiger partial charge on any atom is 0.206 e. The van der Waals surface area contributed by atoms with E-state index in [4.69, 9.17) is 10.7 Å². The number of piperidine rings is 1. The Hall–Kier alpha value is -1.29. The van der Waals surface area contributed by atoms with Crippen molar-refractivity contribution in [2.24, 2.45) is 11.7 Å². The van der Waals surface area contributed by atoms with E-state index in [-0.39, 0.29) is 0 Å². The Morgan fingerprint density at radius 3 is 3.11 bits per heavy atom. The second-order valence-electron chi connectivity index (χ2n) is 5.02. The van der Waals surface area contributed by atoms with Gasteiger partial charge in [-0.15, -0.1) is 6.58 Å². The van der Waals surface area contributed by atoms with E-state index in [1.54, 1.807) is 0 Å². The molecule has 1 aliphatic heterocycles. The van der Waals surface area contributed by atoms with Gasteiger partial charge in [-0.2, -0.15) is 0 Å². The van der Waals surface area contributed by atoms with Crippen LogP contribution >= 0.6 is 0 Å². The highest BCUT2D eigenvalue weighted by Crippen LogP contribution is 2.22. The van der Waals surface area contributed by atoms with Gasteiger partial charge in [0.2, 0.25) is 5.95 Å². The largest absolute Gasteiger partial charge is 0.342 e.